The van der Waals surface area contributed by atoms with Gasteiger partial charge in [-0.15, -0.1) is 0 Å². The van der Waals surface area contributed by atoms with Gasteiger partial charge in [0.25, 0.3) is 0 Å². The second-order valence-corrected chi connectivity index (χ2v) is 5.91. The molecular formula is C23H20O2. The molecule has 25 heavy (non-hydrogen) atoms. The average Bonchev–Trinajstić information content (AvgIpc) is 2.70. The molecule has 3 aromatic rings. The molecule has 0 fully saturated rings. The predicted molar refractivity (Wildman–Crippen MR) is 101 cm³/mol. The number of carbonyl (C=O) groups excluding carboxylic acids is 1. The molecule has 1 N–H and O–H groups in total. The number of hydrogen-bond acceptors (Lipinski definition) is 2. The topological polar surface area (TPSA) is 37.3 Å². The van der Waals surface area contributed by atoms with Gasteiger partial charge in [-0.2, -0.15) is 0 Å². The molecule has 0 heterocycles. The number of carbonyl (C=O) groups is 1. The summed E-state index contributed by atoms with van der Waals surface area (Å²) in [5.41, 5.74) is 3.39. The van der Waals surface area contributed by atoms with Crippen LogP contribution in [0.2, 0.25) is 0 Å². The maximum atomic E-state index is 13.2. The summed E-state index contributed by atoms with van der Waals surface area (Å²) in [6.07, 6.45) is -0.978. The molecule has 0 bridgehead atoms. The van der Waals surface area contributed by atoms with Crippen LogP contribution in [0.3, 0.4) is 0 Å². The molecule has 3 rings (SSSR count). The lowest BCUT2D eigenvalue weighted by Crippen LogP contribution is -2.14. The second kappa shape index (κ2) is 7.73. The van der Waals surface area contributed by atoms with Crippen LogP contribution in [0.1, 0.15) is 34.5 Å². The van der Waals surface area contributed by atoms with E-state index >= 15 is 0 Å². The Labute approximate surface area is 148 Å². The molecule has 2 heteroatoms. The van der Waals surface area contributed by atoms with Gasteiger partial charge in [-0.05, 0) is 23.6 Å². The molecule has 124 valence electrons. The third-order valence-electron chi connectivity index (χ3n) is 4.28. The number of benzene rings is 3. The van der Waals surface area contributed by atoms with Gasteiger partial charge in [-0.1, -0.05) is 91.0 Å². The molecule has 0 aliphatic heterocycles. The van der Waals surface area contributed by atoms with E-state index in [9.17, 15) is 9.90 Å². The van der Waals surface area contributed by atoms with Crippen LogP contribution >= 0.6 is 0 Å². The standard InChI is InChI=1S/C23H20O2/c1-17(18-11-5-2-6-12-18)21(22(24)19-13-7-3-8-14-19)23(25)20-15-9-4-10-16-20/h2-16,22,24H,1H3/b21-17-. The van der Waals surface area contributed by atoms with Gasteiger partial charge in [-0.3, -0.25) is 4.79 Å². The van der Waals surface area contributed by atoms with Crippen molar-refractivity contribution in [1.29, 1.82) is 0 Å². The molecule has 0 spiro atoms. The lowest BCUT2D eigenvalue weighted by molar-refractivity contribution is 0.0988. The van der Waals surface area contributed by atoms with Gasteiger partial charge in [0.05, 0.1) is 0 Å². The minimum atomic E-state index is -0.978. The van der Waals surface area contributed by atoms with Crippen LogP contribution in [0.15, 0.2) is 96.6 Å². The SMILES string of the molecule is C/C(=C(/C(=O)c1ccccc1)C(O)c1ccccc1)c1ccccc1. The van der Waals surface area contributed by atoms with Crippen LogP contribution in [0, 0.1) is 0 Å². The van der Waals surface area contributed by atoms with Crippen LogP contribution in [-0.2, 0) is 0 Å². The van der Waals surface area contributed by atoms with Crippen LogP contribution in [0.5, 0.6) is 0 Å². The Morgan fingerprint density at radius 1 is 0.720 bits per heavy atom. The fourth-order valence-electron chi connectivity index (χ4n) is 2.89. The van der Waals surface area contributed by atoms with Crippen molar-refractivity contribution in [3.8, 4) is 0 Å². The minimum absolute atomic E-state index is 0.154. The molecular weight excluding hydrogens is 308 g/mol. The van der Waals surface area contributed by atoms with Gasteiger partial charge in [0.15, 0.2) is 5.78 Å². The highest BCUT2D eigenvalue weighted by atomic mass is 16.3. The Kier molecular flexibility index (Phi) is 5.22. The molecule has 2 nitrogen and oxygen atoms in total. The third-order valence-corrected chi connectivity index (χ3v) is 4.28. The van der Waals surface area contributed by atoms with Crippen molar-refractivity contribution in [2.75, 3.05) is 0 Å². The zero-order chi connectivity index (χ0) is 17.6. The molecule has 1 atom stereocenters. The molecule has 0 aliphatic carbocycles. The largest absolute Gasteiger partial charge is 0.384 e. The molecule has 0 saturated carbocycles. The predicted octanol–water partition coefficient (Wildman–Crippen LogP) is 5.08. The van der Waals surface area contributed by atoms with Crippen LogP contribution in [0.4, 0.5) is 0 Å². The van der Waals surface area contributed by atoms with Crippen molar-refractivity contribution in [1.82, 2.24) is 0 Å². The van der Waals surface area contributed by atoms with E-state index in [2.05, 4.69) is 0 Å². The van der Waals surface area contributed by atoms with Crippen LogP contribution < -0.4 is 0 Å². The number of aliphatic hydroxyl groups is 1. The molecule has 3 aromatic carbocycles. The van der Waals surface area contributed by atoms with Crippen molar-refractivity contribution >= 4 is 11.4 Å². The van der Waals surface area contributed by atoms with Crippen LogP contribution in [-0.4, -0.2) is 10.9 Å². The van der Waals surface area contributed by atoms with Crippen molar-refractivity contribution in [2.45, 2.75) is 13.0 Å². The summed E-state index contributed by atoms with van der Waals surface area (Å²) in [7, 11) is 0. The number of aliphatic hydroxyl groups excluding tert-OH is 1. The lowest BCUT2D eigenvalue weighted by Gasteiger charge is -2.18. The maximum Gasteiger partial charge on any atom is 0.192 e. The van der Waals surface area contributed by atoms with E-state index in [0.717, 1.165) is 11.1 Å². The molecule has 1 unspecified atom stereocenters. The summed E-state index contributed by atoms with van der Waals surface area (Å²) < 4.78 is 0. The summed E-state index contributed by atoms with van der Waals surface area (Å²) in [5.74, 6) is -0.154. The smallest absolute Gasteiger partial charge is 0.192 e. The van der Waals surface area contributed by atoms with E-state index in [4.69, 9.17) is 0 Å². The molecule has 0 saturated heterocycles. The summed E-state index contributed by atoms with van der Waals surface area (Å²) >= 11 is 0. The summed E-state index contributed by atoms with van der Waals surface area (Å²) in [6.45, 7) is 1.89. The van der Waals surface area contributed by atoms with E-state index in [0.29, 0.717) is 16.7 Å². The van der Waals surface area contributed by atoms with E-state index in [1.807, 2.05) is 85.8 Å². The highest BCUT2D eigenvalue weighted by Gasteiger charge is 2.24. The van der Waals surface area contributed by atoms with E-state index < -0.39 is 6.10 Å². The Hall–Kier alpha value is -2.97. The lowest BCUT2D eigenvalue weighted by atomic mass is 9.88. The quantitative estimate of drug-likeness (QED) is 0.524. The zero-order valence-electron chi connectivity index (χ0n) is 14.1. The van der Waals surface area contributed by atoms with Crippen molar-refractivity contribution in [2.24, 2.45) is 0 Å². The number of allylic oxidation sites excluding steroid dienone is 1. The molecule has 0 radical (unpaired) electrons. The first-order valence-corrected chi connectivity index (χ1v) is 8.27. The Bertz CT molecular complexity index is 866. The first-order chi connectivity index (χ1) is 12.2. The Morgan fingerprint density at radius 2 is 1.16 bits per heavy atom. The van der Waals surface area contributed by atoms with Crippen molar-refractivity contribution in [3.05, 3.63) is 113 Å². The summed E-state index contributed by atoms with van der Waals surface area (Å²) in [6, 6.07) is 28.1. The monoisotopic (exact) mass is 328 g/mol. The van der Waals surface area contributed by atoms with Gasteiger partial charge in [0.2, 0.25) is 0 Å². The Morgan fingerprint density at radius 3 is 1.68 bits per heavy atom. The number of hydrogen-bond donors (Lipinski definition) is 1. The van der Waals surface area contributed by atoms with Gasteiger partial charge < -0.3 is 5.11 Å². The van der Waals surface area contributed by atoms with Crippen LogP contribution in [0.25, 0.3) is 5.57 Å². The first kappa shape index (κ1) is 16.9. The molecule has 0 aliphatic rings. The minimum Gasteiger partial charge on any atom is -0.384 e. The molecule has 0 amide bonds. The zero-order valence-corrected chi connectivity index (χ0v) is 14.1. The summed E-state index contributed by atoms with van der Waals surface area (Å²) in [4.78, 5) is 13.2. The van der Waals surface area contributed by atoms with Crippen molar-refractivity contribution in [3.63, 3.8) is 0 Å². The van der Waals surface area contributed by atoms with Gasteiger partial charge in [0, 0.05) is 11.1 Å². The fourth-order valence-corrected chi connectivity index (χ4v) is 2.89. The number of rotatable bonds is 5. The summed E-state index contributed by atoms with van der Waals surface area (Å²) in [5, 5.41) is 11.0. The second-order valence-electron chi connectivity index (χ2n) is 5.91. The Balaban J connectivity index is 2.13. The highest BCUT2D eigenvalue weighted by Crippen LogP contribution is 2.31. The fraction of sp³-hybridized carbons (Fsp3) is 0.0870. The highest BCUT2D eigenvalue weighted by molar-refractivity contribution is 6.13. The third kappa shape index (κ3) is 3.76. The normalized spacial score (nSPS) is 13.0. The molecule has 0 aromatic heterocycles. The average molecular weight is 328 g/mol. The first-order valence-electron chi connectivity index (χ1n) is 8.27. The van der Waals surface area contributed by atoms with E-state index in [1.165, 1.54) is 0 Å². The van der Waals surface area contributed by atoms with E-state index in [-0.39, 0.29) is 5.78 Å². The maximum absolute atomic E-state index is 13.2. The number of Topliss-reactive ketones (excluding diaryl/α,β-unsaturated/α-hetero) is 1. The van der Waals surface area contributed by atoms with Gasteiger partial charge >= 0.3 is 0 Å². The van der Waals surface area contributed by atoms with Gasteiger partial charge in [0.1, 0.15) is 6.10 Å². The van der Waals surface area contributed by atoms with Gasteiger partial charge in [-0.25, -0.2) is 0 Å². The number of ketones is 1. The van der Waals surface area contributed by atoms with E-state index in [1.54, 1.807) is 12.1 Å². The van der Waals surface area contributed by atoms with Crippen molar-refractivity contribution < 1.29 is 9.90 Å².